The fraction of sp³-hybridized carbons (Fsp3) is 0.0714. The number of halogens is 3. The highest BCUT2D eigenvalue weighted by atomic mass is 127. The Morgan fingerprint density at radius 3 is 2.74 bits per heavy atom. The van der Waals surface area contributed by atoms with Gasteiger partial charge in [-0.2, -0.15) is 0 Å². The first-order chi connectivity index (χ1) is 9.04. The molecule has 5 heteroatoms. The zero-order valence-electron chi connectivity index (χ0n) is 9.79. The number of benzene rings is 2. The second-order valence-electron chi connectivity index (χ2n) is 3.98. The van der Waals surface area contributed by atoms with Gasteiger partial charge in [0.2, 0.25) is 5.91 Å². The zero-order chi connectivity index (χ0) is 13.8. The summed E-state index contributed by atoms with van der Waals surface area (Å²) in [5, 5.41) is 3.40. The minimum absolute atomic E-state index is 0.135. The molecule has 0 aliphatic heterocycles. The van der Waals surface area contributed by atoms with Crippen LogP contribution in [0.2, 0.25) is 5.02 Å². The van der Waals surface area contributed by atoms with E-state index in [4.69, 9.17) is 11.6 Å². The molecule has 0 bridgehead atoms. The Morgan fingerprint density at radius 1 is 1.26 bits per heavy atom. The number of nitrogens with one attached hydrogen (secondary N) is 1. The third kappa shape index (κ3) is 4.18. The third-order valence-corrected chi connectivity index (χ3v) is 3.59. The molecular formula is C14H10ClFINO. The maximum Gasteiger partial charge on any atom is 0.228 e. The molecule has 0 heterocycles. The topological polar surface area (TPSA) is 29.1 Å². The monoisotopic (exact) mass is 389 g/mol. The molecule has 19 heavy (non-hydrogen) atoms. The lowest BCUT2D eigenvalue weighted by Gasteiger charge is -2.08. The summed E-state index contributed by atoms with van der Waals surface area (Å²) in [5.41, 5.74) is 1.34. The smallest absolute Gasteiger partial charge is 0.228 e. The van der Waals surface area contributed by atoms with E-state index < -0.39 is 0 Å². The highest BCUT2D eigenvalue weighted by Gasteiger charge is 2.07. The molecular weight excluding hydrogens is 380 g/mol. The molecule has 2 rings (SSSR count). The Morgan fingerprint density at radius 2 is 2.05 bits per heavy atom. The van der Waals surface area contributed by atoms with Gasteiger partial charge in [0.15, 0.2) is 0 Å². The molecule has 0 saturated heterocycles. The number of hydrogen-bond donors (Lipinski definition) is 1. The van der Waals surface area contributed by atoms with Crippen molar-refractivity contribution < 1.29 is 9.18 Å². The first-order valence-corrected chi connectivity index (χ1v) is 6.99. The van der Waals surface area contributed by atoms with Crippen LogP contribution >= 0.6 is 34.2 Å². The van der Waals surface area contributed by atoms with Crippen molar-refractivity contribution in [1.82, 2.24) is 0 Å². The Bertz CT molecular complexity index is 618. The molecule has 1 amide bonds. The predicted molar refractivity (Wildman–Crippen MR) is 82.9 cm³/mol. The second kappa shape index (κ2) is 6.34. The lowest BCUT2D eigenvalue weighted by atomic mass is 10.1. The van der Waals surface area contributed by atoms with Crippen molar-refractivity contribution >= 4 is 45.8 Å². The lowest BCUT2D eigenvalue weighted by Crippen LogP contribution is -2.15. The Labute approximate surface area is 129 Å². The Hall–Kier alpha value is -1.14. The molecule has 2 nitrogen and oxygen atoms in total. The average molecular weight is 390 g/mol. The fourth-order valence-electron chi connectivity index (χ4n) is 1.62. The molecule has 2 aromatic carbocycles. The van der Waals surface area contributed by atoms with E-state index >= 15 is 0 Å². The zero-order valence-corrected chi connectivity index (χ0v) is 12.7. The predicted octanol–water partition coefficient (Wildman–Crippen LogP) is 4.26. The third-order valence-electron chi connectivity index (χ3n) is 2.46. The van der Waals surface area contributed by atoms with Crippen LogP contribution in [0.4, 0.5) is 10.1 Å². The van der Waals surface area contributed by atoms with Gasteiger partial charge in [-0.1, -0.05) is 23.7 Å². The number of hydrogen-bond acceptors (Lipinski definition) is 1. The summed E-state index contributed by atoms with van der Waals surface area (Å²) in [7, 11) is 0. The van der Waals surface area contributed by atoms with Crippen LogP contribution < -0.4 is 5.32 Å². The summed E-state index contributed by atoms with van der Waals surface area (Å²) in [6, 6.07) is 11.2. The molecule has 0 aliphatic carbocycles. The van der Waals surface area contributed by atoms with E-state index in [2.05, 4.69) is 27.9 Å². The van der Waals surface area contributed by atoms with Crippen LogP contribution in [0.1, 0.15) is 5.56 Å². The van der Waals surface area contributed by atoms with Gasteiger partial charge >= 0.3 is 0 Å². The van der Waals surface area contributed by atoms with E-state index in [1.54, 1.807) is 30.3 Å². The summed E-state index contributed by atoms with van der Waals surface area (Å²) in [4.78, 5) is 11.9. The molecule has 0 saturated carbocycles. The molecule has 1 N–H and O–H groups in total. The quantitative estimate of drug-likeness (QED) is 0.781. The fourth-order valence-corrected chi connectivity index (χ4v) is 2.62. The van der Waals surface area contributed by atoms with Crippen LogP contribution in [0.5, 0.6) is 0 Å². The Balaban J connectivity index is 2.05. The number of rotatable bonds is 3. The molecule has 98 valence electrons. The van der Waals surface area contributed by atoms with Crippen molar-refractivity contribution in [3.05, 3.63) is 62.4 Å². The largest absolute Gasteiger partial charge is 0.325 e. The molecule has 0 aromatic heterocycles. The molecule has 0 aliphatic rings. The van der Waals surface area contributed by atoms with E-state index in [1.165, 1.54) is 12.1 Å². The summed E-state index contributed by atoms with van der Waals surface area (Å²) in [5.74, 6) is -0.530. The molecule has 0 radical (unpaired) electrons. The van der Waals surface area contributed by atoms with Gasteiger partial charge in [0.05, 0.1) is 12.1 Å². The molecule has 0 atom stereocenters. The Kier molecular flexibility index (Phi) is 4.76. The summed E-state index contributed by atoms with van der Waals surface area (Å²) < 4.78 is 13.9. The van der Waals surface area contributed by atoms with Gasteiger partial charge in [0.25, 0.3) is 0 Å². The van der Waals surface area contributed by atoms with Crippen molar-refractivity contribution in [3.63, 3.8) is 0 Å². The van der Waals surface area contributed by atoms with E-state index in [-0.39, 0.29) is 18.1 Å². The molecule has 0 fully saturated rings. The van der Waals surface area contributed by atoms with Crippen LogP contribution in [0.25, 0.3) is 0 Å². The highest BCUT2D eigenvalue weighted by Crippen LogP contribution is 2.22. The van der Waals surface area contributed by atoms with Gasteiger partial charge in [0, 0.05) is 8.59 Å². The van der Waals surface area contributed by atoms with Gasteiger partial charge < -0.3 is 5.32 Å². The van der Waals surface area contributed by atoms with Crippen molar-refractivity contribution in [2.45, 2.75) is 6.42 Å². The van der Waals surface area contributed by atoms with Crippen molar-refractivity contribution in [3.8, 4) is 0 Å². The molecule has 2 aromatic rings. The first-order valence-electron chi connectivity index (χ1n) is 5.54. The highest BCUT2D eigenvalue weighted by molar-refractivity contribution is 14.1. The number of amides is 1. The van der Waals surface area contributed by atoms with Gasteiger partial charge in [0.1, 0.15) is 5.82 Å². The van der Waals surface area contributed by atoms with E-state index in [0.29, 0.717) is 16.3 Å². The van der Waals surface area contributed by atoms with Crippen LogP contribution in [0.3, 0.4) is 0 Å². The van der Waals surface area contributed by atoms with Crippen molar-refractivity contribution in [2.75, 3.05) is 5.32 Å². The van der Waals surface area contributed by atoms with Crippen LogP contribution in [-0.4, -0.2) is 5.91 Å². The normalized spacial score (nSPS) is 10.3. The van der Waals surface area contributed by atoms with Gasteiger partial charge in [-0.05, 0) is 58.5 Å². The SMILES string of the molecule is O=C(Cc1cccc(F)c1)Nc1ccc(Cl)cc1I. The first kappa shape index (κ1) is 14.3. The summed E-state index contributed by atoms with van der Waals surface area (Å²) in [6.45, 7) is 0. The maximum atomic E-state index is 13.0. The number of carbonyl (C=O) groups excluding carboxylic acids is 1. The van der Waals surface area contributed by atoms with E-state index in [1.807, 2.05) is 0 Å². The standard InChI is InChI=1S/C14H10ClFINO/c15-10-4-5-13(12(17)8-10)18-14(19)7-9-2-1-3-11(16)6-9/h1-6,8H,7H2,(H,18,19). The van der Waals surface area contributed by atoms with Gasteiger partial charge in [-0.15, -0.1) is 0 Å². The van der Waals surface area contributed by atoms with Gasteiger partial charge in [-0.25, -0.2) is 4.39 Å². The molecule has 0 spiro atoms. The van der Waals surface area contributed by atoms with Crippen LogP contribution in [0.15, 0.2) is 42.5 Å². The molecule has 0 unspecified atom stereocenters. The maximum absolute atomic E-state index is 13.0. The van der Waals surface area contributed by atoms with Crippen LogP contribution in [0, 0.1) is 9.39 Å². The minimum atomic E-state index is -0.341. The summed E-state index contributed by atoms with van der Waals surface area (Å²) >= 11 is 7.94. The number of anilines is 1. The lowest BCUT2D eigenvalue weighted by molar-refractivity contribution is -0.115. The summed E-state index contributed by atoms with van der Waals surface area (Å²) in [6.07, 6.45) is 0.135. The van der Waals surface area contributed by atoms with E-state index in [9.17, 15) is 9.18 Å². The second-order valence-corrected chi connectivity index (χ2v) is 5.58. The minimum Gasteiger partial charge on any atom is -0.325 e. The number of carbonyl (C=O) groups is 1. The van der Waals surface area contributed by atoms with Crippen molar-refractivity contribution in [1.29, 1.82) is 0 Å². The van der Waals surface area contributed by atoms with Gasteiger partial charge in [-0.3, -0.25) is 4.79 Å². The van der Waals surface area contributed by atoms with Crippen molar-refractivity contribution in [2.24, 2.45) is 0 Å². The van der Waals surface area contributed by atoms with Crippen LogP contribution in [-0.2, 0) is 11.2 Å². The average Bonchev–Trinajstić information content (AvgIpc) is 2.33. The van der Waals surface area contributed by atoms with E-state index in [0.717, 1.165) is 3.57 Å².